The van der Waals surface area contributed by atoms with Gasteiger partial charge >= 0.3 is 0 Å². The van der Waals surface area contributed by atoms with Crippen LogP contribution in [-0.2, 0) is 9.53 Å². The highest BCUT2D eigenvalue weighted by Crippen LogP contribution is 2.24. The summed E-state index contributed by atoms with van der Waals surface area (Å²) in [5.74, 6) is 1.46. The maximum atomic E-state index is 10.5. The monoisotopic (exact) mass is 228 g/mol. The normalized spacial score (nSPS) is 16.2. The van der Waals surface area contributed by atoms with Crippen LogP contribution in [0.15, 0.2) is 0 Å². The highest BCUT2D eigenvalue weighted by atomic mass is 16.5. The summed E-state index contributed by atoms with van der Waals surface area (Å²) < 4.78 is 5.78. The fourth-order valence-corrected chi connectivity index (χ4v) is 1.38. The lowest BCUT2D eigenvalue weighted by molar-refractivity contribution is -0.115. The molecular formula is C14H28O2. The van der Waals surface area contributed by atoms with Crippen LogP contribution < -0.4 is 0 Å². The van der Waals surface area contributed by atoms with Crippen molar-refractivity contribution < 1.29 is 9.53 Å². The van der Waals surface area contributed by atoms with Crippen molar-refractivity contribution in [1.29, 1.82) is 0 Å². The minimum atomic E-state index is -0.111. The lowest BCUT2D eigenvalue weighted by Gasteiger charge is -2.28. The minimum Gasteiger partial charge on any atom is -0.375 e. The highest BCUT2D eigenvalue weighted by Gasteiger charge is 2.21. The summed E-state index contributed by atoms with van der Waals surface area (Å²) in [4.78, 5) is 10.5. The molecular weight excluding hydrogens is 200 g/mol. The minimum absolute atomic E-state index is 0.00166. The van der Waals surface area contributed by atoms with Gasteiger partial charge in [0.1, 0.15) is 6.29 Å². The summed E-state index contributed by atoms with van der Waals surface area (Å²) in [5, 5.41) is 0. The van der Waals surface area contributed by atoms with Gasteiger partial charge in [-0.3, -0.25) is 0 Å². The number of hydrogen-bond acceptors (Lipinski definition) is 2. The molecule has 2 unspecified atom stereocenters. The molecule has 0 aromatic carbocycles. The fourth-order valence-electron chi connectivity index (χ4n) is 1.38. The molecule has 0 saturated heterocycles. The van der Waals surface area contributed by atoms with Gasteiger partial charge in [0, 0.05) is 5.92 Å². The van der Waals surface area contributed by atoms with E-state index >= 15 is 0 Å². The third kappa shape index (κ3) is 7.00. The molecule has 2 nitrogen and oxygen atoms in total. The second kappa shape index (κ2) is 7.05. The first-order chi connectivity index (χ1) is 7.28. The molecule has 0 saturated carbocycles. The van der Waals surface area contributed by atoms with Crippen LogP contribution in [0.3, 0.4) is 0 Å². The number of aldehydes is 1. The van der Waals surface area contributed by atoms with E-state index in [0.717, 1.165) is 24.5 Å². The van der Waals surface area contributed by atoms with Crippen molar-refractivity contribution in [1.82, 2.24) is 0 Å². The van der Waals surface area contributed by atoms with Crippen molar-refractivity contribution in [3.63, 3.8) is 0 Å². The first kappa shape index (κ1) is 15.6. The second-order valence-corrected chi connectivity index (χ2v) is 5.94. The Bertz CT molecular complexity index is 197. The molecule has 0 aliphatic heterocycles. The van der Waals surface area contributed by atoms with Crippen LogP contribution in [0.2, 0.25) is 0 Å². The lowest BCUT2D eigenvalue weighted by Crippen LogP contribution is -2.28. The molecule has 0 bridgehead atoms. The van der Waals surface area contributed by atoms with E-state index in [0.29, 0.717) is 6.61 Å². The predicted octanol–water partition coefficient (Wildman–Crippen LogP) is 3.69. The molecule has 0 fully saturated rings. The van der Waals surface area contributed by atoms with E-state index < -0.39 is 0 Å². The Morgan fingerprint density at radius 1 is 1.19 bits per heavy atom. The first-order valence-electron chi connectivity index (χ1n) is 6.37. The van der Waals surface area contributed by atoms with Crippen molar-refractivity contribution in [2.24, 2.45) is 17.8 Å². The van der Waals surface area contributed by atoms with Crippen LogP contribution in [0.1, 0.15) is 54.4 Å². The lowest BCUT2D eigenvalue weighted by atomic mass is 9.89. The number of rotatable bonds is 8. The van der Waals surface area contributed by atoms with Gasteiger partial charge in [0.25, 0.3) is 0 Å². The molecule has 2 atom stereocenters. The molecule has 0 amide bonds. The smallest absolute Gasteiger partial charge is 0.125 e. The van der Waals surface area contributed by atoms with Crippen LogP contribution in [0.5, 0.6) is 0 Å². The van der Waals surface area contributed by atoms with E-state index in [2.05, 4.69) is 34.6 Å². The molecule has 0 aliphatic carbocycles. The van der Waals surface area contributed by atoms with Gasteiger partial charge in [0.15, 0.2) is 0 Å². The van der Waals surface area contributed by atoms with Gasteiger partial charge in [-0.2, -0.15) is 0 Å². The van der Waals surface area contributed by atoms with E-state index in [9.17, 15) is 4.79 Å². The molecule has 16 heavy (non-hydrogen) atoms. The molecule has 0 rings (SSSR count). The maximum absolute atomic E-state index is 10.5. The molecule has 0 N–H and O–H groups in total. The third-order valence-electron chi connectivity index (χ3n) is 3.31. The van der Waals surface area contributed by atoms with Crippen LogP contribution in [0, 0.1) is 17.8 Å². The topological polar surface area (TPSA) is 26.3 Å². The van der Waals surface area contributed by atoms with E-state index in [1.807, 2.05) is 6.92 Å². The average molecular weight is 228 g/mol. The van der Waals surface area contributed by atoms with E-state index in [-0.39, 0.29) is 11.5 Å². The van der Waals surface area contributed by atoms with Crippen molar-refractivity contribution in [2.75, 3.05) is 6.61 Å². The van der Waals surface area contributed by atoms with Crippen LogP contribution in [0.4, 0.5) is 0 Å². The zero-order chi connectivity index (χ0) is 12.8. The second-order valence-electron chi connectivity index (χ2n) is 5.94. The van der Waals surface area contributed by atoms with Crippen LogP contribution >= 0.6 is 0 Å². The Hall–Kier alpha value is -0.370. The fraction of sp³-hybridized carbons (Fsp3) is 0.929. The van der Waals surface area contributed by atoms with Crippen molar-refractivity contribution >= 4 is 6.29 Å². The number of ether oxygens (including phenoxy) is 1. The number of carbonyl (C=O) groups excluding carboxylic acids is 1. The largest absolute Gasteiger partial charge is 0.375 e. The molecule has 0 aliphatic rings. The van der Waals surface area contributed by atoms with Crippen LogP contribution in [0.25, 0.3) is 0 Å². The van der Waals surface area contributed by atoms with Crippen molar-refractivity contribution in [2.45, 2.75) is 60.0 Å². The van der Waals surface area contributed by atoms with Crippen molar-refractivity contribution in [3.8, 4) is 0 Å². The van der Waals surface area contributed by atoms with E-state index in [4.69, 9.17) is 4.74 Å². The summed E-state index contributed by atoms with van der Waals surface area (Å²) in [6.45, 7) is 13.4. The zero-order valence-electron chi connectivity index (χ0n) is 11.7. The molecule has 0 spiro atoms. The van der Waals surface area contributed by atoms with Gasteiger partial charge < -0.3 is 9.53 Å². The maximum Gasteiger partial charge on any atom is 0.125 e. The quantitative estimate of drug-likeness (QED) is 0.592. The summed E-state index contributed by atoms with van der Waals surface area (Å²) >= 11 is 0. The zero-order valence-corrected chi connectivity index (χ0v) is 11.7. The van der Waals surface area contributed by atoms with Gasteiger partial charge in [-0.1, -0.05) is 27.7 Å². The van der Waals surface area contributed by atoms with Gasteiger partial charge in [0.05, 0.1) is 12.2 Å². The third-order valence-corrected chi connectivity index (χ3v) is 3.31. The van der Waals surface area contributed by atoms with E-state index in [1.165, 1.54) is 6.42 Å². The number of hydrogen-bond donors (Lipinski definition) is 0. The standard InChI is InChI=1S/C14H28O2/c1-11(2)13(4)7-8-14(5,6)16-10-12(3)9-15/h9,11-13H,7-8,10H2,1-6H3. The summed E-state index contributed by atoms with van der Waals surface area (Å²) in [5.41, 5.74) is -0.111. The molecule has 96 valence electrons. The summed E-state index contributed by atoms with van der Waals surface area (Å²) in [7, 11) is 0. The molecule has 0 radical (unpaired) electrons. The Morgan fingerprint density at radius 2 is 1.75 bits per heavy atom. The van der Waals surface area contributed by atoms with Gasteiger partial charge in [-0.05, 0) is 38.5 Å². The van der Waals surface area contributed by atoms with Crippen molar-refractivity contribution in [3.05, 3.63) is 0 Å². The van der Waals surface area contributed by atoms with Gasteiger partial charge in [-0.15, -0.1) is 0 Å². The summed E-state index contributed by atoms with van der Waals surface area (Å²) in [6, 6.07) is 0. The SMILES string of the molecule is CC(C=O)COC(C)(C)CCC(C)C(C)C. The van der Waals surface area contributed by atoms with E-state index in [1.54, 1.807) is 0 Å². The Kier molecular flexibility index (Phi) is 6.89. The highest BCUT2D eigenvalue weighted by molar-refractivity contribution is 5.52. The molecule has 2 heteroatoms. The molecule has 0 aromatic rings. The Morgan fingerprint density at radius 3 is 2.19 bits per heavy atom. The summed E-state index contributed by atoms with van der Waals surface area (Å²) in [6.07, 6.45) is 3.19. The number of carbonyl (C=O) groups is 1. The molecule has 0 heterocycles. The Balaban J connectivity index is 3.90. The first-order valence-corrected chi connectivity index (χ1v) is 6.37. The Labute approximate surface area is 101 Å². The van der Waals surface area contributed by atoms with Crippen LogP contribution in [-0.4, -0.2) is 18.5 Å². The predicted molar refractivity (Wildman–Crippen MR) is 68.5 cm³/mol. The van der Waals surface area contributed by atoms with Gasteiger partial charge in [-0.25, -0.2) is 0 Å². The average Bonchev–Trinajstić information content (AvgIpc) is 2.22. The molecule has 0 aromatic heterocycles. The van der Waals surface area contributed by atoms with Gasteiger partial charge in [0.2, 0.25) is 0 Å².